The molecule has 3 rings (SSSR count). The molecule has 0 saturated carbocycles. The van der Waals surface area contributed by atoms with E-state index in [-0.39, 0.29) is 18.8 Å². The van der Waals surface area contributed by atoms with E-state index in [0.717, 1.165) is 0 Å². The van der Waals surface area contributed by atoms with Gasteiger partial charge in [0.15, 0.2) is 18.1 Å². The van der Waals surface area contributed by atoms with Crippen LogP contribution in [-0.2, 0) is 14.3 Å². The lowest BCUT2D eigenvalue weighted by atomic mass is 9.95. The third-order valence-corrected chi connectivity index (χ3v) is 4.57. The summed E-state index contributed by atoms with van der Waals surface area (Å²) in [5.41, 5.74) is 3.57. The predicted molar refractivity (Wildman–Crippen MR) is 117 cm³/mol. The molecule has 0 fully saturated rings. The normalized spacial score (nSPS) is 15.6. The summed E-state index contributed by atoms with van der Waals surface area (Å²) >= 11 is 0. The maximum atomic E-state index is 12.5. The highest BCUT2D eigenvalue weighted by atomic mass is 16.5. The Labute approximate surface area is 189 Å². The smallest absolute Gasteiger partial charge is 0.338 e. The number of urea groups is 1. The molecule has 0 saturated heterocycles. The fraction of sp³-hybridized carbons (Fsp3) is 0.273. The SMILES string of the molecule is CCOC(=O)C1=C(C)NC(=O)N[C@@H]1c1ccc(OCC(=O)N/N=C\c2ccco2)c(OC)c1. The number of hydrazone groups is 1. The van der Waals surface area contributed by atoms with Gasteiger partial charge in [-0.1, -0.05) is 6.07 Å². The van der Waals surface area contributed by atoms with Crippen molar-refractivity contribution in [2.45, 2.75) is 19.9 Å². The Balaban J connectivity index is 1.72. The van der Waals surface area contributed by atoms with Crippen LogP contribution in [0.4, 0.5) is 4.79 Å². The van der Waals surface area contributed by atoms with Gasteiger partial charge >= 0.3 is 12.0 Å². The Morgan fingerprint density at radius 2 is 2.09 bits per heavy atom. The van der Waals surface area contributed by atoms with Crippen molar-refractivity contribution in [3.63, 3.8) is 0 Å². The second-order valence-corrected chi connectivity index (χ2v) is 6.80. The first-order valence-electron chi connectivity index (χ1n) is 10.0. The van der Waals surface area contributed by atoms with E-state index in [1.165, 1.54) is 19.6 Å². The summed E-state index contributed by atoms with van der Waals surface area (Å²) in [7, 11) is 1.44. The molecular formula is C22H24N4O7. The van der Waals surface area contributed by atoms with Gasteiger partial charge in [-0.05, 0) is 43.7 Å². The van der Waals surface area contributed by atoms with E-state index < -0.39 is 23.9 Å². The molecule has 1 aliphatic heterocycles. The average molecular weight is 456 g/mol. The van der Waals surface area contributed by atoms with Gasteiger partial charge < -0.3 is 29.3 Å². The molecule has 0 spiro atoms. The van der Waals surface area contributed by atoms with Crippen LogP contribution >= 0.6 is 0 Å². The van der Waals surface area contributed by atoms with Gasteiger partial charge in [-0.15, -0.1) is 0 Å². The fourth-order valence-corrected chi connectivity index (χ4v) is 3.11. The Morgan fingerprint density at radius 3 is 2.79 bits per heavy atom. The highest BCUT2D eigenvalue weighted by Crippen LogP contribution is 2.34. The molecule has 0 radical (unpaired) electrons. The van der Waals surface area contributed by atoms with Crippen LogP contribution in [0.5, 0.6) is 11.5 Å². The first-order chi connectivity index (χ1) is 15.9. The summed E-state index contributed by atoms with van der Waals surface area (Å²) in [6, 6.07) is 7.05. The number of esters is 1. The summed E-state index contributed by atoms with van der Waals surface area (Å²) in [6.45, 7) is 3.20. The number of nitrogens with one attached hydrogen (secondary N) is 3. The third-order valence-electron chi connectivity index (χ3n) is 4.57. The van der Waals surface area contributed by atoms with Gasteiger partial charge in [0.25, 0.3) is 5.91 Å². The number of benzene rings is 1. The second-order valence-electron chi connectivity index (χ2n) is 6.80. The van der Waals surface area contributed by atoms with Gasteiger partial charge in [-0.25, -0.2) is 15.0 Å². The highest BCUT2D eigenvalue weighted by Gasteiger charge is 2.32. The lowest BCUT2D eigenvalue weighted by molar-refractivity contribution is -0.139. The molecule has 174 valence electrons. The van der Waals surface area contributed by atoms with Crippen molar-refractivity contribution in [3.05, 3.63) is 59.2 Å². The van der Waals surface area contributed by atoms with Gasteiger partial charge in [0.1, 0.15) is 5.76 Å². The molecule has 2 aromatic rings. The first-order valence-corrected chi connectivity index (χ1v) is 10.0. The Morgan fingerprint density at radius 1 is 1.27 bits per heavy atom. The maximum Gasteiger partial charge on any atom is 0.338 e. The minimum Gasteiger partial charge on any atom is -0.493 e. The lowest BCUT2D eigenvalue weighted by Crippen LogP contribution is -2.45. The summed E-state index contributed by atoms with van der Waals surface area (Å²) in [6.07, 6.45) is 2.85. The molecule has 0 aliphatic carbocycles. The number of ether oxygens (including phenoxy) is 3. The van der Waals surface area contributed by atoms with Crippen LogP contribution in [0, 0.1) is 0 Å². The summed E-state index contributed by atoms with van der Waals surface area (Å²) in [5, 5.41) is 9.07. The average Bonchev–Trinajstić information content (AvgIpc) is 3.30. The first kappa shape index (κ1) is 23.4. The number of amides is 3. The largest absolute Gasteiger partial charge is 0.493 e. The van der Waals surface area contributed by atoms with Crippen molar-refractivity contribution in [1.82, 2.24) is 16.1 Å². The van der Waals surface area contributed by atoms with Gasteiger partial charge in [-0.2, -0.15) is 5.10 Å². The van der Waals surface area contributed by atoms with Gasteiger partial charge in [0.05, 0.1) is 37.8 Å². The van der Waals surface area contributed by atoms with Crippen molar-refractivity contribution in [3.8, 4) is 11.5 Å². The summed E-state index contributed by atoms with van der Waals surface area (Å²) in [4.78, 5) is 36.5. The van der Waals surface area contributed by atoms with Crippen LogP contribution in [-0.4, -0.2) is 44.4 Å². The van der Waals surface area contributed by atoms with E-state index in [1.54, 1.807) is 44.2 Å². The number of nitrogens with zero attached hydrogens (tertiary/aromatic N) is 1. The molecule has 1 aromatic heterocycles. The Bertz CT molecular complexity index is 1080. The monoisotopic (exact) mass is 456 g/mol. The van der Waals surface area contributed by atoms with Crippen molar-refractivity contribution in [1.29, 1.82) is 0 Å². The van der Waals surface area contributed by atoms with E-state index in [0.29, 0.717) is 28.5 Å². The molecule has 3 N–H and O–H groups in total. The Hall–Kier alpha value is -4.28. The van der Waals surface area contributed by atoms with Crippen LogP contribution in [0.25, 0.3) is 0 Å². The Kier molecular flexibility index (Phi) is 7.68. The molecule has 1 aliphatic rings. The molecule has 11 nitrogen and oxygen atoms in total. The number of hydrogen-bond acceptors (Lipinski definition) is 8. The highest BCUT2D eigenvalue weighted by molar-refractivity contribution is 5.95. The van der Waals surface area contributed by atoms with E-state index in [1.807, 2.05) is 0 Å². The number of rotatable bonds is 9. The second kappa shape index (κ2) is 10.8. The molecule has 11 heteroatoms. The van der Waals surface area contributed by atoms with Crippen LogP contribution < -0.4 is 25.5 Å². The molecule has 0 unspecified atom stereocenters. The number of carbonyl (C=O) groups is 3. The number of allylic oxidation sites excluding steroid dienone is 1. The molecule has 2 heterocycles. The summed E-state index contributed by atoms with van der Waals surface area (Å²) < 4.78 is 21.1. The number of hydrogen-bond donors (Lipinski definition) is 3. The fourth-order valence-electron chi connectivity index (χ4n) is 3.11. The third kappa shape index (κ3) is 5.91. The van der Waals surface area contributed by atoms with Gasteiger partial charge in [0.2, 0.25) is 0 Å². The van der Waals surface area contributed by atoms with E-state index >= 15 is 0 Å². The predicted octanol–water partition coefficient (Wildman–Crippen LogP) is 2.01. The molecule has 3 amide bonds. The zero-order chi connectivity index (χ0) is 23.8. The molecular weight excluding hydrogens is 432 g/mol. The molecule has 0 bridgehead atoms. The zero-order valence-electron chi connectivity index (χ0n) is 18.3. The maximum absolute atomic E-state index is 12.5. The van der Waals surface area contributed by atoms with Crippen LogP contribution in [0.15, 0.2) is 57.4 Å². The van der Waals surface area contributed by atoms with E-state index in [9.17, 15) is 14.4 Å². The van der Waals surface area contributed by atoms with Crippen LogP contribution in [0.3, 0.4) is 0 Å². The van der Waals surface area contributed by atoms with Gasteiger partial charge in [-0.3, -0.25) is 4.79 Å². The van der Waals surface area contributed by atoms with Gasteiger partial charge in [0, 0.05) is 5.70 Å². The van der Waals surface area contributed by atoms with Crippen LogP contribution in [0.1, 0.15) is 31.2 Å². The molecule has 1 atom stereocenters. The lowest BCUT2D eigenvalue weighted by Gasteiger charge is -2.28. The molecule has 1 aromatic carbocycles. The van der Waals surface area contributed by atoms with Crippen LogP contribution in [0.2, 0.25) is 0 Å². The van der Waals surface area contributed by atoms with E-state index in [2.05, 4.69) is 21.2 Å². The van der Waals surface area contributed by atoms with Crippen molar-refractivity contribution >= 4 is 24.1 Å². The quantitative estimate of drug-likeness (QED) is 0.298. The minimum atomic E-state index is -0.750. The van der Waals surface area contributed by atoms with Crippen molar-refractivity contribution in [2.75, 3.05) is 20.3 Å². The van der Waals surface area contributed by atoms with E-state index in [4.69, 9.17) is 18.6 Å². The minimum absolute atomic E-state index is 0.194. The zero-order valence-corrected chi connectivity index (χ0v) is 18.3. The summed E-state index contributed by atoms with van der Waals surface area (Å²) in [5.74, 6) is 0.0688. The standard InChI is InChI=1S/C22H24N4O7/c1-4-31-21(28)19-13(2)24-22(29)25-20(19)14-7-8-16(17(10-14)30-3)33-12-18(27)26-23-11-15-6-5-9-32-15/h5-11,20H,4,12H2,1-3H3,(H,26,27)(H2,24,25,29)/b23-11-/t20-/m1/s1. The topological polar surface area (TPSA) is 140 Å². The van der Waals surface area contributed by atoms with Crippen molar-refractivity contribution < 1.29 is 33.0 Å². The number of carbonyl (C=O) groups excluding carboxylic acids is 3. The number of furan rings is 1. The molecule has 33 heavy (non-hydrogen) atoms. The van der Waals surface area contributed by atoms with Crippen molar-refractivity contribution in [2.24, 2.45) is 5.10 Å². The number of methoxy groups -OCH3 is 1.